The molecule has 1 N–H and O–H groups in total. The standard InChI is InChI=1S/C23H26N6O/c1-16-6-5-9-20(25-16)15-28-12-18-10-21-26-27-22(29(21)14-19(18)13-28)23(30)24-11-17-7-3-2-4-8-17/h2-9,18-19H,10-15H2,1H3,(H,24,30)/t18-,19+/m1/s1. The lowest BCUT2D eigenvalue weighted by Gasteiger charge is -2.25. The molecule has 2 atom stereocenters. The van der Waals surface area contributed by atoms with Crippen molar-refractivity contribution in [1.29, 1.82) is 0 Å². The number of aromatic nitrogens is 4. The Morgan fingerprint density at radius 1 is 1.03 bits per heavy atom. The Balaban J connectivity index is 1.24. The van der Waals surface area contributed by atoms with Crippen LogP contribution < -0.4 is 5.32 Å². The van der Waals surface area contributed by atoms with Gasteiger partial charge in [-0.3, -0.25) is 14.7 Å². The summed E-state index contributed by atoms with van der Waals surface area (Å²) in [5.41, 5.74) is 3.25. The fraction of sp³-hybridized carbons (Fsp3) is 0.391. The first-order chi connectivity index (χ1) is 14.7. The smallest absolute Gasteiger partial charge is 0.289 e. The number of amides is 1. The molecule has 0 radical (unpaired) electrons. The minimum Gasteiger partial charge on any atom is -0.345 e. The fourth-order valence-electron chi connectivity index (χ4n) is 4.69. The molecule has 30 heavy (non-hydrogen) atoms. The van der Waals surface area contributed by atoms with E-state index in [4.69, 9.17) is 0 Å². The van der Waals surface area contributed by atoms with Crippen LogP contribution >= 0.6 is 0 Å². The van der Waals surface area contributed by atoms with E-state index < -0.39 is 0 Å². The van der Waals surface area contributed by atoms with Gasteiger partial charge in [0.15, 0.2) is 0 Å². The van der Waals surface area contributed by atoms with Crippen LogP contribution in [0.3, 0.4) is 0 Å². The van der Waals surface area contributed by atoms with Gasteiger partial charge in [-0.1, -0.05) is 36.4 Å². The molecule has 2 aliphatic rings. The Hall–Kier alpha value is -3.06. The Bertz CT molecular complexity index is 1050. The SMILES string of the molecule is Cc1cccc(CN2C[C@H]3Cc4nnc(C(=O)NCc5ccccc5)n4C[C@@H]3C2)n1. The zero-order valence-corrected chi connectivity index (χ0v) is 17.2. The third kappa shape index (κ3) is 3.85. The molecule has 1 aromatic carbocycles. The van der Waals surface area contributed by atoms with E-state index in [-0.39, 0.29) is 5.91 Å². The van der Waals surface area contributed by atoms with E-state index in [1.54, 1.807) is 0 Å². The molecule has 4 heterocycles. The normalized spacial score (nSPS) is 20.6. The van der Waals surface area contributed by atoms with Crippen molar-refractivity contribution in [3.8, 4) is 0 Å². The average Bonchev–Trinajstić information content (AvgIpc) is 3.33. The van der Waals surface area contributed by atoms with Crippen LogP contribution in [0.25, 0.3) is 0 Å². The molecule has 154 valence electrons. The monoisotopic (exact) mass is 402 g/mol. The molecule has 1 amide bonds. The minimum atomic E-state index is -0.158. The van der Waals surface area contributed by atoms with E-state index in [1.165, 1.54) is 0 Å². The molecule has 2 aromatic heterocycles. The second-order valence-electron chi connectivity index (χ2n) is 8.41. The van der Waals surface area contributed by atoms with E-state index >= 15 is 0 Å². The summed E-state index contributed by atoms with van der Waals surface area (Å²) >= 11 is 0. The predicted octanol–water partition coefficient (Wildman–Crippen LogP) is 2.22. The van der Waals surface area contributed by atoms with Gasteiger partial charge in [-0.25, -0.2) is 0 Å². The number of aryl methyl sites for hydroxylation is 1. The number of hydrogen-bond donors (Lipinski definition) is 1. The molecule has 0 bridgehead atoms. The Morgan fingerprint density at radius 2 is 1.87 bits per heavy atom. The summed E-state index contributed by atoms with van der Waals surface area (Å²) in [6, 6.07) is 16.1. The van der Waals surface area contributed by atoms with Gasteiger partial charge in [0.1, 0.15) is 5.82 Å². The quantitative estimate of drug-likeness (QED) is 0.708. The number of nitrogens with one attached hydrogen (secondary N) is 1. The van der Waals surface area contributed by atoms with Crippen LogP contribution in [0.5, 0.6) is 0 Å². The number of pyridine rings is 1. The fourth-order valence-corrected chi connectivity index (χ4v) is 4.69. The lowest BCUT2D eigenvalue weighted by Crippen LogP contribution is -2.32. The summed E-state index contributed by atoms with van der Waals surface area (Å²) in [5, 5.41) is 11.5. The van der Waals surface area contributed by atoms with E-state index in [1.807, 2.05) is 47.9 Å². The van der Waals surface area contributed by atoms with Crippen molar-refractivity contribution < 1.29 is 4.79 Å². The van der Waals surface area contributed by atoms with Crippen molar-refractivity contribution >= 4 is 5.91 Å². The summed E-state index contributed by atoms with van der Waals surface area (Å²) < 4.78 is 2.02. The van der Waals surface area contributed by atoms with E-state index in [0.29, 0.717) is 24.2 Å². The summed E-state index contributed by atoms with van der Waals surface area (Å²) in [5.74, 6) is 2.27. The first kappa shape index (κ1) is 18.9. The number of nitrogens with zero attached hydrogens (tertiary/aromatic N) is 5. The van der Waals surface area contributed by atoms with Gasteiger partial charge >= 0.3 is 0 Å². The number of hydrogen-bond acceptors (Lipinski definition) is 5. The average molecular weight is 403 g/mol. The third-order valence-corrected chi connectivity index (χ3v) is 6.17. The molecule has 1 fully saturated rings. The van der Waals surface area contributed by atoms with Crippen LogP contribution in [-0.2, 0) is 26.1 Å². The van der Waals surface area contributed by atoms with Gasteiger partial charge in [-0.15, -0.1) is 10.2 Å². The Morgan fingerprint density at radius 3 is 2.70 bits per heavy atom. The molecule has 3 aromatic rings. The van der Waals surface area contributed by atoms with Gasteiger partial charge in [-0.05, 0) is 36.5 Å². The summed E-state index contributed by atoms with van der Waals surface area (Å²) in [6.45, 7) is 6.26. The van der Waals surface area contributed by atoms with E-state index in [0.717, 1.165) is 55.4 Å². The van der Waals surface area contributed by atoms with Crippen LogP contribution in [-0.4, -0.2) is 43.6 Å². The van der Waals surface area contributed by atoms with Crippen molar-refractivity contribution in [2.24, 2.45) is 11.8 Å². The van der Waals surface area contributed by atoms with Gasteiger partial charge in [0.25, 0.3) is 5.91 Å². The van der Waals surface area contributed by atoms with Crippen molar-refractivity contribution in [3.05, 3.63) is 77.1 Å². The second-order valence-corrected chi connectivity index (χ2v) is 8.41. The molecule has 5 rings (SSSR count). The van der Waals surface area contributed by atoms with Crippen LogP contribution in [0, 0.1) is 18.8 Å². The zero-order chi connectivity index (χ0) is 20.5. The molecule has 7 nitrogen and oxygen atoms in total. The lowest BCUT2D eigenvalue weighted by molar-refractivity contribution is 0.0932. The van der Waals surface area contributed by atoms with Crippen LogP contribution in [0.1, 0.15) is 33.4 Å². The maximum absolute atomic E-state index is 12.7. The number of fused-ring (bicyclic) bond motifs is 2. The van der Waals surface area contributed by atoms with Gasteiger partial charge in [0.05, 0.1) is 5.69 Å². The van der Waals surface area contributed by atoms with Crippen molar-refractivity contribution in [3.63, 3.8) is 0 Å². The highest BCUT2D eigenvalue weighted by molar-refractivity contribution is 5.90. The highest BCUT2D eigenvalue weighted by Gasteiger charge is 2.39. The maximum atomic E-state index is 12.7. The van der Waals surface area contributed by atoms with Crippen LogP contribution in [0.4, 0.5) is 0 Å². The molecule has 0 spiro atoms. The molecule has 2 aliphatic heterocycles. The minimum absolute atomic E-state index is 0.158. The molecular weight excluding hydrogens is 376 g/mol. The molecule has 1 saturated heterocycles. The van der Waals surface area contributed by atoms with Gasteiger partial charge in [0.2, 0.25) is 5.82 Å². The first-order valence-electron chi connectivity index (χ1n) is 10.5. The Kier molecular flexibility index (Phi) is 5.04. The van der Waals surface area contributed by atoms with E-state index in [9.17, 15) is 4.79 Å². The summed E-state index contributed by atoms with van der Waals surface area (Å²) in [7, 11) is 0. The number of carbonyl (C=O) groups is 1. The summed E-state index contributed by atoms with van der Waals surface area (Å²) in [4.78, 5) is 19.8. The Labute approximate surface area is 176 Å². The van der Waals surface area contributed by atoms with Crippen LogP contribution in [0.15, 0.2) is 48.5 Å². The highest BCUT2D eigenvalue weighted by atomic mass is 16.2. The van der Waals surface area contributed by atoms with Gasteiger partial charge in [0, 0.05) is 44.8 Å². The van der Waals surface area contributed by atoms with Crippen molar-refractivity contribution in [2.75, 3.05) is 13.1 Å². The van der Waals surface area contributed by atoms with Gasteiger partial charge < -0.3 is 9.88 Å². The lowest BCUT2D eigenvalue weighted by atomic mass is 9.89. The van der Waals surface area contributed by atoms with Crippen molar-refractivity contribution in [1.82, 2.24) is 30.0 Å². The number of carbonyl (C=O) groups excluding carboxylic acids is 1. The highest BCUT2D eigenvalue weighted by Crippen LogP contribution is 2.33. The number of benzene rings is 1. The van der Waals surface area contributed by atoms with Gasteiger partial charge in [-0.2, -0.15) is 0 Å². The van der Waals surface area contributed by atoms with Crippen LogP contribution in [0.2, 0.25) is 0 Å². The van der Waals surface area contributed by atoms with Crippen molar-refractivity contribution in [2.45, 2.75) is 33.0 Å². The number of rotatable bonds is 5. The maximum Gasteiger partial charge on any atom is 0.289 e. The predicted molar refractivity (Wildman–Crippen MR) is 113 cm³/mol. The molecule has 0 unspecified atom stereocenters. The molecule has 0 aliphatic carbocycles. The first-order valence-corrected chi connectivity index (χ1v) is 10.5. The molecular formula is C23H26N6O. The van der Waals surface area contributed by atoms with E-state index in [2.05, 4.69) is 37.5 Å². The zero-order valence-electron chi connectivity index (χ0n) is 17.2. The second kappa shape index (κ2) is 7.99. The largest absolute Gasteiger partial charge is 0.345 e. The molecule has 7 heteroatoms. The third-order valence-electron chi connectivity index (χ3n) is 6.17. The summed E-state index contributed by atoms with van der Waals surface area (Å²) in [6.07, 6.45) is 0.876. The molecule has 0 saturated carbocycles. The number of likely N-dealkylation sites (tertiary alicyclic amines) is 1. The topological polar surface area (TPSA) is 75.9 Å².